The number of H-pyrrole nitrogens is 1. The van der Waals surface area contributed by atoms with Crippen molar-refractivity contribution >= 4 is 28.3 Å². The van der Waals surface area contributed by atoms with Crippen molar-refractivity contribution < 1.29 is 9.18 Å². The van der Waals surface area contributed by atoms with Gasteiger partial charge in [0.1, 0.15) is 5.82 Å². The third kappa shape index (κ3) is 3.37. The minimum absolute atomic E-state index is 0.365. The number of amides is 2. The topological polar surface area (TPSA) is 69.8 Å². The lowest BCUT2D eigenvalue weighted by Crippen LogP contribution is -2.19. The normalized spacial score (nSPS) is 10.7. The van der Waals surface area contributed by atoms with Gasteiger partial charge in [0.05, 0.1) is 11.4 Å². The van der Waals surface area contributed by atoms with E-state index in [4.69, 9.17) is 0 Å². The Morgan fingerprint density at radius 3 is 2.70 bits per heavy atom. The van der Waals surface area contributed by atoms with Crippen LogP contribution in [-0.4, -0.2) is 16.0 Å². The molecule has 0 aliphatic carbocycles. The second-order valence-electron chi connectivity index (χ2n) is 6.21. The van der Waals surface area contributed by atoms with E-state index in [1.54, 1.807) is 31.5 Å². The molecular weight excluding hydrogens is 343 g/mol. The van der Waals surface area contributed by atoms with E-state index in [9.17, 15) is 9.18 Å². The van der Waals surface area contributed by atoms with Gasteiger partial charge in [0.25, 0.3) is 0 Å². The summed E-state index contributed by atoms with van der Waals surface area (Å²) in [5, 5.41) is 6.43. The molecule has 0 aliphatic heterocycles. The van der Waals surface area contributed by atoms with Crippen molar-refractivity contribution in [2.45, 2.75) is 6.92 Å². The number of benzene rings is 2. The van der Waals surface area contributed by atoms with Gasteiger partial charge in [-0.25, -0.2) is 9.18 Å². The molecule has 0 aliphatic rings. The van der Waals surface area contributed by atoms with Crippen LogP contribution in [0.15, 0.2) is 67.0 Å². The maximum Gasteiger partial charge on any atom is 0.323 e. The molecule has 2 aromatic heterocycles. The van der Waals surface area contributed by atoms with E-state index in [2.05, 4.69) is 20.6 Å². The van der Waals surface area contributed by atoms with Crippen LogP contribution in [0.3, 0.4) is 0 Å². The molecule has 0 radical (unpaired) electrons. The molecule has 27 heavy (non-hydrogen) atoms. The van der Waals surface area contributed by atoms with Gasteiger partial charge in [0, 0.05) is 34.5 Å². The molecule has 2 heterocycles. The second kappa shape index (κ2) is 6.92. The maximum atomic E-state index is 13.7. The van der Waals surface area contributed by atoms with Gasteiger partial charge in [-0.2, -0.15) is 0 Å². The van der Waals surface area contributed by atoms with Crippen LogP contribution in [0.2, 0.25) is 0 Å². The number of fused-ring (bicyclic) bond motifs is 1. The molecule has 0 saturated heterocycles. The summed E-state index contributed by atoms with van der Waals surface area (Å²) in [6, 6.07) is 15.6. The Hall–Kier alpha value is -3.67. The van der Waals surface area contributed by atoms with Gasteiger partial charge < -0.3 is 15.6 Å². The van der Waals surface area contributed by atoms with E-state index in [0.717, 1.165) is 22.2 Å². The van der Waals surface area contributed by atoms with Crippen molar-refractivity contribution in [2.75, 3.05) is 10.6 Å². The van der Waals surface area contributed by atoms with Gasteiger partial charge in [-0.3, -0.25) is 4.98 Å². The van der Waals surface area contributed by atoms with Crippen LogP contribution in [0.5, 0.6) is 0 Å². The zero-order chi connectivity index (χ0) is 18.8. The molecule has 0 atom stereocenters. The van der Waals surface area contributed by atoms with Crippen LogP contribution >= 0.6 is 0 Å². The van der Waals surface area contributed by atoms with E-state index in [1.165, 1.54) is 6.07 Å². The number of hydrogen-bond acceptors (Lipinski definition) is 2. The summed E-state index contributed by atoms with van der Waals surface area (Å²) in [6.45, 7) is 1.67. The summed E-state index contributed by atoms with van der Waals surface area (Å²) in [5.41, 5.74) is 4.06. The number of hydrogen-bond donors (Lipinski definition) is 3. The fourth-order valence-electron chi connectivity index (χ4n) is 2.95. The largest absolute Gasteiger partial charge is 0.353 e. The number of urea groups is 1. The third-order valence-corrected chi connectivity index (χ3v) is 4.32. The van der Waals surface area contributed by atoms with E-state index in [1.807, 2.05) is 36.4 Å². The predicted octanol–water partition coefficient (Wildman–Crippen LogP) is 5.32. The molecule has 0 bridgehead atoms. The number of carbonyl (C=O) groups excluding carboxylic acids is 1. The summed E-state index contributed by atoms with van der Waals surface area (Å²) in [5.74, 6) is -0.365. The first-order valence-corrected chi connectivity index (χ1v) is 8.47. The van der Waals surface area contributed by atoms with E-state index < -0.39 is 6.03 Å². The highest BCUT2D eigenvalue weighted by atomic mass is 19.1. The molecule has 0 spiro atoms. The minimum Gasteiger partial charge on any atom is -0.353 e. The lowest BCUT2D eigenvalue weighted by molar-refractivity contribution is 0.262. The summed E-state index contributed by atoms with van der Waals surface area (Å²) in [7, 11) is 0. The van der Waals surface area contributed by atoms with Crippen LogP contribution in [0.1, 0.15) is 5.56 Å². The summed E-state index contributed by atoms with van der Waals surface area (Å²) >= 11 is 0. The highest BCUT2D eigenvalue weighted by Gasteiger charge is 2.16. The maximum absolute atomic E-state index is 13.7. The molecule has 5 nitrogen and oxygen atoms in total. The lowest BCUT2D eigenvalue weighted by Gasteiger charge is -2.10. The van der Waals surface area contributed by atoms with Crippen LogP contribution in [0.4, 0.5) is 20.6 Å². The fourth-order valence-corrected chi connectivity index (χ4v) is 2.95. The Morgan fingerprint density at radius 2 is 1.93 bits per heavy atom. The Morgan fingerprint density at radius 1 is 1.07 bits per heavy atom. The van der Waals surface area contributed by atoms with Gasteiger partial charge in [0.15, 0.2) is 0 Å². The molecule has 6 heteroatoms. The number of carbonyl (C=O) groups is 1. The van der Waals surface area contributed by atoms with Crippen LogP contribution in [-0.2, 0) is 0 Å². The summed E-state index contributed by atoms with van der Waals surface area (Å²) < 4.78 is 13.7. The average molecular weight is 360 g/mol. The SMILES string of the molecule is Cc1ccc(NC(=O)Nc2c(-c3cccnc3)[nH]c3ccccc23)cc1F. The van der Waals surface area contributed by atoms with Crippen molar-refractivity contribution in [2.24, 2.45) is 0 Å². The summed E-state index contributed by atoms with van der Waals surface area (Å²) in [4.78, 5) is 20.0. The lowest BCUT2D eigenvalue weighted by atomic mass is 10.1. The molecule has 0 unspecified atom stereocenters. The molecule has 0 saturated carbocycles. The van der Waals surface area contributed by atoms with Crippen molar-refractivity contribution in [1.29, 1.82) is 0 Å². The number of nitrogens with one attached hydrogen (secondary N) is 3. The first-order valence-electron chi connectivity index (χ1n) is 8.47. The predicted molar refractivity (Wildman–Crippen MR) is 105 cm³/mol. The number of nitrogens with zero attached hydrogens (tertiary/aromatic N) is 1. The number of para-hydroxylation sites is 1. The second-order valence-corrected chi connectivity index (χ2v) is 6.21. The molecule has 134 valence electrons. The van der Waals surface area contributed by atoms with Gasteiger partial charge >= 0.3 is 6.03 Å². The zero-order valence-electron chi connectivity index (χ0n) is 14.6. The quantitative estimate of drug-likeness (QED) is 0.463. The number of anilines is 2. The van der Waals surface area contributed by atoms with Crippen LogP contribution in [0.25, 0.3) is 22.2 Å². The number of aromatic nitrogens is 2. The molecule has 2 amide bonds. The molecule has 0 fully saturated rings. The van der Waals surface area contributed by atoms with E-state index in [0.29, 0.717) is 16.9 Å². The number of aromatic amines is 1. The van der Waals surface area contributed by atoms with Gasteiger partial charge in [-0.1, -0.05) is 24.3 Å². The molecule has 3 N–H and O–H groups in total. The van der Waals surface area contributed by atoms with Gasteiger partial charge in [-0.15, -0.1) is 0 Å². The average Bonchev–Trinajstić information content (AvgIpc) is 3.04. The van der Waals surface area contributed by atoms with Crippen molar-refractivity contribution in [3.63, 3.8) is 0 Å². The van der Waals surface area contributed by atoms with Crippen molar-refractivity contribution in [3.05, 3.63) is 78.4 Å². The standard InChI is InChI=1S/C21H17FN4O/c1-13-8-9-15(11-17(13)22)24-21(27)26-20-16-6-2-3-7-18(16)25-19(20)14-5-4-10-23-12-14/h2-12,25H,1H3,(H2,24,26,27). The molecular formula is C21H17FN4O. The molecule has 4 rings (SSSR count). The fraction of sp³-hybridized carbons (Fsp3) is 0.0476. The molecule has 4 aromatic rings. The smallest absolute Gasteiger partial charge is 0.323 e. The van der Waals surface area contributed by atoms with E-state index in [-0.39, 0.29) is 5.82 Å². The Labute approximate surface area is 155 Å². The molecule has 2 aromatic carbocycles. The minimum atomic E-state index is -0.451. The Kier molecular flexibility index (Phi) is 4.30. The van der Waals surface area contributed by atoms with Crippen LogP contribution in [0, 0.1) is 12.7 Å². The van der Waals surface area contributed by atoms with Crippen molar-refractivity contribution in [3.8, 4) is 11.3 Å². The highest BCUT2D eigenvalue weighted by molar-refractivity contribution is 6.10. The number of rotatable bonds is 3. The monoisotopic (exact) mass is 360 g/mol. The van der Waals surface area contributed by atoms with Gasteiger partial charge in [0.2, 0.25) is 0 Å². The van der Waals surface area contributed by atoms with Gasteiger partial charge in [-0.05, 0) is 42.8 Å². The summed E-state index contributed by atoms with van der Waals surface area (Å²) in [6.07, 6.45) is 3.42. The number of pyridine rings is 1. The first kappa shape index (κ1) is 16.8. The third-order valence-electron chi connectivity index (χ3n) is 4.32. The highest BCUT2D eigenvalue weighted by Crippen LogP contribution is 2.34. The van der Waals surface area contributed by atoms with Crippen molar-refractivity contribution in [1.82, 2.24) is 9.97 Å². The Balaban J connectivity index is 1.68. The number of halogens is 1. The zero-order valence-corrected chi connectivity index (χ0v) is 14.6. The first-order chi connectivity index (χ1) is 13.1. The van der Waals surface area contributed by atoms with E-state index >= 15 is 0 Å². The number of aryl methyl sites for hydroxylation is 1. The van der Waals surface area contributed by atoms with Crippen LogP contribution < -0.4 is 10.6 Å². The Bertz CT molecular complexity index is 1120.